The molecular weight excluding hydrogens is 315 g/mol. The summed E-state index contributed by atoms with van der Waals surface area (Å²) in [6, 6.07) is 17.5. The molecule has 2 nitrogen and oxygen atoms in total. The number of rotatable bonds is 3. The van der Waals surface area contributed by atoms with Crippen molar-refractivity contribution in [3.63, 3.8) is 0 Å². The Balaban J connectivity index is 2.15. The summed E-state index contributed by atoms with van der Waals surface area (Å²) in [7, 11) is 0. The summed E-state index contributed by atoms with van der Waals surface area (Å²) in [6.07, 6.45) is 0. The van der Waals surface area contributed by atoms with E-state index in [0.717, 1.165) is 28.2 Å². The van der Waals surface area contributed by atoms with Crippen LogP contribution < -0.4 is 0 Å². The molecule has 3 aromatic rings. The molecule has 0 unspecified atom stereocenters. The molecule has 0 radical (unpaired) electrons. The van der Waals surface area contributed by atoms with Gasteiger partial charge in [0.05, 0.1) is 22.1 Å². The van der Waals surface area contributed by atoms with Crippen molar-refractivity contribution in [1.82, 2.24) is 9.78 Å². The highest BCUT2D eigenvalue weighted by molar-refractivity contribution is 6.34. The van der Waals surface area contributed by atoms with Crippen molar-refractivity contribution in [2.24, 2.45) is 0 Å². The fraction of sp³-hybridized carbons (Fsp3) is 0.0556. The lowest BCUT2D eigenvalue weighted by molar-refractivity contribution is 0.893. The molecule has 1 heterocycles. The van der Waals surface area contributed by atoms with E-state index in [0.29, 0.717) is 10.0 Å². The van der Waals surface area contributed by atoms with Gasteiger partial charge in [0, 0.05) is 10.6 Å². The van der Waals surface area contributed by atoms with Crippen molar-refractivity contribution < 1.29 is 0 Å². The van der Waals surface area contributed by atoms with Gasteiger partial charge >= 0.3 is 0 Å². The molecule has 0 saturated carbocycles. The lowest BCUT2D eigenvalue weighted by atomic mass is 10.1. The molecule has 2 aromatic carbocycles. The van der Waals surface area contributed by atoms with E-state index in [2.05, 4.69) is 11.7 Å². The molecule has 22 heavy (non-hydrogen) atoms. The zero-order chi connectivity index (χ0) is 15.7. The molecule has 0 aliphatic carbocycles. The van der Waals surface area contributed by atoms with Gasteiger partial charge in [-0.15, -0.1) is 0 Å². The molecule has 0 atom stereocenters. The monoisotopic (exact) mass is 328 g/mol. The SMILES string of the molecule is C=C(c1ccccc1)n1nc(C)c(Cl)c1-c1ccc(Cl)cc1. The number of hydrogen-bond acceptors (Lipinski definition) is 1. The number of nitrogens with zero attached hydrogens (tertiary/aromatic N) is 2. The summed E-state index contributed by atoms with van der Waals surface area (Å²) in [4.78, 5) is 0. The Morgan fingerprint density at radius 2 is 1.64 bits per heavy atom. The molecule has 110 valence electrons. The minimum Gasteiger partial charge on any atom is -0.231 e. The van der Waals surface area contributed by atoms with Crippen LogP contribution in [-0.2, 0) is 0 Å². The van der Waals surface area contributed by atoms with Crippen molar-refractivity contribution in [2.45, 2.75) is 6.92 Å². The Bertz CT molecular complexity index is 818. The van der Waals surface area contributed by atoms with Crippen molar-refractivity contribution in [2.75, 3.05) is 0 Å². The van der Waals surface area contributed by atoms with Crippen LogP contribution in [0.15, 0.2) is 61.2 Å². The number of halogens is 2. The molecular formula is C18H14Cl2N2. The second-order valence-electron chi connectivity index (χ2n) is 4.98. The standard InChI is InChI=1S/C18H14Cl2N2/c1-12-17(20)18(15-8-10-16(19)11-9-15)22(21-12)13(2)14-6-4-3-5-7-14/h3-11H,2H2,1H3. The van der Waals surface area contributed by atoms with Gasteiger partial charge in [-0.05, 0) is 24.6 Å². The van der Waals surface area contributed by atoms with E-state index in [9.17, 15) is 0 Å². The topological polar surface area (TPSA) is 17.8 Å². The molecule has 0 aliphatic rings. The van der Waals surface area contributed by atoms with E-state index in [1.54, 1.807) is 4.68 Å². The summed E-state index contributed by atoms with van der Waals surface area (Å²) in [5.41, 5.74) is 4.32. The van der Waals surface area contributed by atoms with E-state index in [1.165, 1.54) is 0 Å². The Kier molecular flexibility index (Phi) is 4.06. The first kappa shape index (κ1) is 14.9. The van der Waals surface area contributed by atoms with Gasteiger partial charge in [0.2, 0.25) is 0 Å². The maximum absolute atomic E-state index is 6.46. The highest BCUT2D eigenvalue weighted by Gasteiger charge is 2.17. The molecule has 0 N–H and O–H groups in total. The van der Waals surface area contributed by atoms with E-state index >= 15 is 0 Å². The van der Waals surface area contributed by atoms with E-state index in [1.807, 2.05) is 61.5 Å². The maximum atomic E-state index is 6.46. The quantitative estimate of drug-likeness (QED) is 0.604. The molecule has 0 spiro atoms. The van der Waals surface area contributed by atoms with Crippen LogP contribution in [0.25, 0.3) is 17.0 Å². The number of benzene rings is 2. The molecule has 0 bridgehead atoms. The summed E-state index contributed by atoms with van der Waals surface area (Å²) in [5, 5.41) is 5.85. The van der Waals surface area contributed by atoms with E-state index in [4.69, 9.17) is 23.2 Å². The minimum absolute atomic E-state index is 0.624. The highest BCUT2D eigenvalue weighted by atomic mass is 35.5. The van der Waals surface area contributed by atoms with E-state index in [-0.39, 0.29) is 0 Å². The summed E-state index contributed by atoms with van der Waals surface area (Å²) in [6.45, 7) is 6.05. The summed E-state index contributed by atoms with van der Waals surface area (Å²) in [5.74, 6) is 0. The number of hydrogen-bond donors (Lipinski definition) is 0. The van der Waals surface area contributed by atoms with Gasteiger partial charge in [-0.25, -0.2) is 4.68 Å². The van der Waals surface area contributed by atoms with Crippen LogP contribution in [0.2, 0.25) is 10.0 Å². The fourth-order valence-electron chi connectivity index (χ4n) is 2.31. The summed E-state index contributed by atoms with van der Waals surface area (Å²) < 4.78 is 1.79. The molecule has 3 rings (SSSR count). The second-order valence-corrected chi connectivity index (χ2v) is 5.79. The predicted octanol–water partition coefficient (Wildman–Crippen LogP) is 5.68. The van der Waals surface area contributed by atoms with Gasteiger partial charge in [-0.3, -0.25) is 0 Å². The molecule has 0 aliphatic heterocycles. The fourth-order valence-corrected chi connectivity index (χ4v) is 2.67. The normalized spacial score (nSPS) is 10.7. The first-order valence-corrected chi connectivity index (χ1v) is 7.59. The van der Waals surface area contributed by atoms with Crippen LogP contribution in [0, 0.1) is 6.92 Å². The molecule has 1 aromatic heterocycles. The van der Waals surface area contributed by atoms with Gasteiger partial charge in [-0.2, -0.15) is 5.10 Å². The highest BCUT2D eigenvalue weighted by Crippen LogP contribution is 2.34. The first-order chi connectivity index (χ1) is 10.6. The van der Waals surface area contributed by atoms with Crippen LogP contribution in [0.4, 0.5) is 0 Å². The Morgan fingerprint density at radius 3 is 2.27 bits per heavy atom. The van der Waals surface area contributed by atoms with Gasteiger partial charge in [-0.1, -0.05) is 72.2 Å². The van der Waals surface area contributed by atoms with Crippen LogP contribution >= 0.6 is 23.2 Å². The Morgan fingerprint density at radius 1 is 1.00 bits per heavy atom. The molecule has 0 amide bonds. The van der Waals surface area contributed by atoms with Crippen LogP contribution in [0.5, 0.6) is 0 Å². The lowest BCUT2D eigenvalue weighted by Gasteiger charge is -2.11. The van der Waals surface area contributed by atoms with Crippen molar-refractivity contribution >= 4 is 28.9 Å². The van der Waals surface area contributed by atoms with Crippen molar-refractivity contribution in [1.29, 1.82) is 0 Å². The third-order valence-electron chi connectivity index (χ3n) is 3.47. The average molecular weight is 329 g/mol. The zero-order valence-corrected chi connectivity index (χ0v) is 13.6. The predicted molar refractivity (Wildman–Crippen MR) is 93.3 cm³/mol. The zero-order valence-electron chi connectivity index (χ0n) is 12.1. The van der Waals surface area contributed by atoms with E-state index < -0.39 is 0 Å². The minimum atomic E-state index is 0.624. The van der Waals surface area contributed by atoms with Crippen molar-refractivity contribution in [3.05, 3.63) is 82.5 Å². The molecule has 0 fully saturated rings. The average Bonchev–Trinajstić information content (AvgIpc) is 2.84. The Labute approximate surface area is 139 Å². The largest absolute Gasteiger partial charge is 0.231 e. The third-order valence-corrected chi connectivity index (χ3v) is 4.17. The van der Waals surface area contributed by atoms with Gasteiger partial charge < -0.3 is 0 Å². The molecule has 0 saturated heterocycles. The van der Waals surface area contributed by atoms with Gasteiger partial charge in [0.25, 0.3) is 0 Å². The molecule has 4 heteroatoms. The van der Waals surface area contributed by atoms with Gasteiger partial charge in [0.15, 0.2) is 0 Å². The maximum Gasteiger partial charge on any atom is 0.0930 e. The Hall–Kier alpha value is -2.03. The number of aromatic nitrogens is 2. The first-order valence-electron chi connectivity index (χ1n) is 6.83. The van der Waals surface area contributed by atoms with Crippen LogP contribution in [0.1, 0.15) is 11.3 Å². The van der Waals surface area contributed by atoms with Crippen molar-refractivity contribution in [3.8, 4) is 11.3 Å². The van der Waals surface area contributed by atoms with Crippen LogP contribution in [-0.4, -0.2) is 9.78 Å². The third kappa shape index (κ3) is 2.68. The lowest BCUT2D eigenvalue weighted by Crippen LogP contribution is -2.02. The summed E-state index contributed by atoms with van der Waals surface area (Å²) >= 11 is 12.4. The van der Waals surface area contributed by atoms with Crippen LogP contribution in [0.3, 0.4) is 0 Å². The smallest absolute Gasteiger partial charge is 0.0930 e. The second kappa shape index (κ2) is 5.99. The van der Waals surface area contributed by atoms with Gasteiger partial charge in [0.1, 0.15) is 0 Å². The number of aryl methyl sites for hydroxylation is 1.